The van der Waals surface area contributed by atoms with E-state index in [1.165, 1.54) is 19.5 Å². The highest BCUT2D eigenvalue weighted by atomic mass is 79.9. The van der Waals surface area contributed by atoms with E-state index >= 15 is 0 Å². The van der Waals surface area contributed by atoms with Crippen LogP contribution in [0, 0.1) is 0 Å². The first-order valence-corrected chi connectivity index (χ1v) is 22.3. The Morgan fingerprint density at radius 1 is 0.627 bits per heavy atom. The highest BCUT2D eigenvalue weighted by Crippen LogP contribution is 2.26. The number of H-pyrrole nitrogens is 1. The minimum Gasteiger partial charge on any atom is -0.336 e. The van der Waals surface area contributed by atoms with E-state index in [1.54, 1.807) is 101 Å². The summed E-state index contributed by atoms with van der Waals surface area (Å²) in [5.74, 6) is -0.144. The molecule has 4 aromatic carbocycles. The maximum absolute atomic E-state index is 13.2. The molecule has 2 amide bonds. The quantitative estimate of drug-likeness (QED) is 0.238. The Morgan fingerprint density at radius 3 is 1.54 bits per heavy atom. The number of piperazine rings is 2. The molecule has 19 heteroatoms. The van der Waals surface area contributed by atoms with Crippen LogP contribution in [0.15, 0.2) is 148 Å². The Kier molecular flexibility index (Phi) is 14.2. The highest BCUT2D eigenvalue weighted by Gasteiger charge is 2.37. The van der Waals surface area contributed by atoms with E-state index in [1.807, 2.05) is 50.2 Å². The van der Waals surface area contributed by atoms with E-state index < -0.39 is 20.0 Å². The fourth-order valence-electron chi connectivity index (χ4n) is 6.69. The molecule has 2 aromatic heterocycles. The summed E-state index contributed by atoms with van der Waals surface area (Å²) in [7, 11) is -7.29. The van der Waals surface area contributed by atoms with Crippen molar-refractivity contribution >= 4 is 47.8 Å². The summed E-state index contributed by atoms with van der Waals surface area (Å²) in [6, 6.07) is 30.8. The summed E-state index contributed by atoms with van der Waals surface area (Å²) in [5.41, 5.74) is 1.85. The number of carbonyl (C=O) groups excluding carboxylic acids is 2. The average molecular weight is 904 g/mol. The topological polar surface area (TPSA) is 188 Å². The molecule has 2 unspecified atom stereocenters. The molecule has 2 saturated heterocycles. The second-order valence-electron chi connectivity index (χ2n) is 13.6. The van der Waals surface area contributed by atoms with Gasteiger partial charge in [0, 0.05) is 67.0 Å². The average Bonchev–Trinajstić information content (AvgIpc) is 4.03. The van der Waals surface area contributed by atoms with Crippen LogP contribution in [0.2, 0.25) is 0 Å². The summed E-state index contributed by atoms with van der Waals surface area (Å²) in [4.78, 5) is 29.1. The number of nitrogens with one attached hydrogen (secondary N) is 1. The van der Waals surface area contributed by atoms with Crippen LogP contribution in [0.4, 0.5) is 0 Å². The number of aromatic amines is 1. The molecule has 0 aliphatic carbocycles. The lowest BCUT2D eigenvalue weighted by atomic mass is 10.1. The van der Waals surface area contributed by atoms with Gasteiger partial charge in [0.2, 0.25) is 20.0 Å². The summed E-state index contributed by atoms with van der Waals surface area (Å²) in [6.07, 6.45) is 6.36. The van der Waals surface area contributed by atoms with Crippen LogP contribution < -0.4 is 0 Å². The van der Waals surface area contributed by atoms with Crippen LogP contribution >= 0.6 is 15.9 Å². The van der Waals surface area contributed by atoms with E-state index in [0.29, 0.717) is 43.0 Å². The molecule has 0 spiro atoms. The van der Waals surface area contributed by atoms with Crippen molar-refractivity contribution in [3.8, 4) is 5.69 Å². The Morgan fingerprint density at radius 2 is 1.12 bits per heavy atom. The zero-order valence-corrected chi connectivity index (χ0v) is 35.5. The molecule has 2 atom stereocenters. The predicted octanol–water partition coefficient (Wildman–Crippen LogP) is 4.59. The second-order valence-corrected chi connectivity index (χ2v) is 18.3. The van der Waals surface area contributed by atoms with Gasteiger partial charge in [0.1, 0.15) is 0 Å². The number of hydrogen-bond donors (Lipinski definition) is 1. The number of amides is 2. The van der Waals surface area contributed by atoms with Gasteiger partial charge >= 0.3 is 0 Å². The molecular weight excluding hydrogens is 861 g/mol. The fraction of sp³-hybridized carbons (Fsp3) is 0.250. The van der Waals surface area contributed by atoms with Gasteiger partial charge in [0.15, 0.2) is 0 Å². The molecule has 2 aliphatic rings. The molecule has 0 saturated carbocycles. The third-order valence-electron chi connectivity index (χ3n) is 9.59. The van der Waals surface area contributed by atoms with Gasteiger partial charge in [-0.25, -0.2) is 21.5 Å². The summed E-state index contributed by atoms with van der Waals surface area (Å²) in [5, 5.41) is 17.0. The lowest BCUT2D eigenvalue weighted by Crippen LogP contribution is -2.55. The van der Waals surface area contributed by atoms with Crippen molar-refractivity contribution in [2.75, 3.05) is 39.3 Å². The minimum absolute atomic E-state index is 0.0630. The number of nitrogens with zero attached hydrogens (tertiary/aromatic N) is 9. The first-order chi connectivity index (χ1) is 28.4. The number of hydrogen-bond acceptors (Lipinski definition) is 10. The maximum Gasteiger partial charge on any atom is 0.253 e. The third-order valence-corrected chi connectivity index (χ3v) is 14.1. The van der Waals surface area contributed by atoms with E-state index in [2.05, 4.69) is 41.7 Å². The van der Waals surface area contributed by atoms with E-state index in [0.717, 1.165) is 4.47 Å². The third kappa shape index (κ3) is 10.5. The van der Waals surface area contributed by atoms with Crippen molar-refractivity contribution < 1.29 is 26.4 Å². The first kappa shape index (κ1) is 43.0. The Labute approximate surface area is 351 Å². The summed E-state index contributed by atoms with van der Waals surface area (Å²) < 4.78 is 57.5. The largest absolute Gasteiger partial charge is 0.336 e. The van der Waals surface area contributed by atoms with E-state index in [-0.39, 0.29) is 46.8 Å². The molecule has 0 radical (unpaired) electrons. The summed E-state index contributed by atoms with van der Waals surface area (Å²) >= 11 is 3.31. The number of carbonyl (C=O) groups is 2. The molecule has 1 N–H and O–H groups in total. The lowest BCUT2D eigenvalue weighted by molar-refractivity contribution is 0.0637. The predicted molar refractivity (Wildman–Crippen MR) is 223 cm³/mol. The van der Waals surface area contributed by atoms with Crippen molar-refractivity contribution in [1.82, 2.24) is 48.8 Å². The molecular formula is C40H43BrN10O6S2. The van der Waals surface area contributed by atoms with Crippen molar-refractivity contribution in [1.29, 1.82) is 0 Å². The molecule has 6 aromatic rings. The molecule has 8 rings (SSSR count). The van der Waals surface area contributed by atoms with Crippen LogP contribution in [0.1, 0.15) is 34.6 Å². The molecule has 59 heavy (non-hydrogen) atoms. The highest BCUT2D eigenvalue weighted by molar-refractivity contribution is 9.10. The molecule has 2 fully saturated rings. The second kappa shape index (κ2) is 19.4. The van der Waals surface area contributed by atoms with Gasteiger partial charge in [-0.15, -0.1) is 5.10 Å². The summed E-state index contributed by atoms with van der Waals surface area (Å²) in [6.45, 7) is 5.63. The van der Waals surface area contributed by atoms with Crippen LogP contribution in [-0.4, -0.2) is 129 Å². The Hall–Kier alpha value is -5.60. The number of aromatic nitrogens is 6. The monoisotopic (exact) mass is 902 g/mol. The number of benzene rings is 4. The van der Waals surface area contributed by atoms with E-state index in [4.69, 9.17) is 0 Å². The number of sulfonamides is 2. The van der Waals surface area contributed by atoms with Gasteiger partial charge in [-0.2, -0.15) is 24.0 Å². The van der Waals surface area contributed by atoms with Gasteiger partial charge < -0.3 is 9.80 Å². The molecule has 2 aliphatic heterocycles. The van der Waals surface area contributed by atoms with Crippen LogP contribution in [0.5, 0.6) is 0 Å². The molecule has 0 bridgehead atoms. The van der Waals surface area contributed by atoms with Crippen LogP contribution in [0.3, 0.4) is 0 Å². The molecule has 4 heterocycles. The van der Waals surface area contributed by atoms with E-state index in [9.17, 15) is 26.4 Å². The van der Waals surface area contributed by atoms with Crippen molar-refractivity contribution in [3.63, 3.8) is 0 Å². The maximum atomic E-state index is 13.2. The van der Waals surface area contributed by atoms with Gasteiger partial charge in [-0.05, 0) is 74.5 Å². The number of halogens is 1. The zero-order valence-electron chi connectivity index (χ0n) is 32.3. The molecule has 16 nitrogen and oxygen atoms in total. The van der Waals surface area contributed by atoms with Crippen LogP contribution in [0.25, 0.3) is 5.69 Å². The van der Waals surface area contributed by atoms with Crippen molar-refractivity contribution in [2.24, 2.45) is 0 Å². The first-order valence-electron chi connectivity index (χ1n) is 18.6. The van der Waals surface area contributed by atoms with Crippen molar-refractivity contribution in [2.45, 2.75) is 35.7 Å². The van der Waals surface area contributed by atoms with Gasteiger partial charge in [-0.3, -0.25) is 9.59 Å². The normalized spacial score (nSPS) is 17.5. The Bertz CT molecular complexity index is 2500. The zero-order chi connectivity index (χ0) is 42.0. The van der Waals surface area contributed by atoms with Gasteiger partial charge in [0.05, 0.1) is 40.3 Å². The van der Waals surface area contributed by atoms with Gasteiger partial charge in [0.25, 0.3) is 11.8 Å². The standard InChI is InChI=1S/C20H21N5O3S.C18H19BrN2O3S.C2H3N3/c1-16-15-23(20(26)17-6-3-2-4-7-17)12-13-25(16)29(27,28)19-9-5-8-18(14-19)24-11-10-21-22-24;1-14-13-20(18(22)15-6-3-2-4-7-15)10-11-21(14)25(23,24)17-9-5-8-16(19)12-17;1-2-4-5-3-1/h2-11,14,16H,12-13,15H2,1H3;2-9,12,14H,10-11,13H2,1H3;1-2H,(H,3,4,5). The minimum atomic E-state index is -3.70. The molecule has 308 valence electrons. The smallest absolute Gasteiger partial charge is 0.253 e. The SMILES string of the molecule is CC1CN(C(=O)c2ccccc2)CCN1S(=O)(=O)c1cccc(-n2ccnn2)c1.CC1CN(C(=O)c2ccccc2)CCN1S(=O)(=O)c1cccc(Br)c1.c1cn[nH]n1. The fourth-order valence-corrected chi connectivity index (χ4v) is 10.6. The lowest BCUT2D eigenvalue weighted by Gasteiger charge is -2.39. The van der Waals surface area contributed by atoms with Crippen LogP contribution in [-0.2, 0) is 20.0 Å². The van der Waals surface area contributed by atoms with Gasteiger partial charge in [-0.1, -0.05) is 69.7 Å². The Balaban J connectivity index is 0.000000179. The van der Waals surface area contributed by atoms with Crippen molar-refractivity contribution in [3.05, 3.63) is 150 Å². The number of rotatable bonds is 7.